The normalized spacial score (nSPS) is 21.2. The molecule has 0 radical (unpaired) electrons. The molecule has 0 saturated carbocycles. The van der Waals surface area contributed by atoms with Crippen molar-refractivity contribution in [2.75, 3.05) is 26.2 Å². The number of sulfonamides is 1. The molecule has 1 amide bonds. The van der Waals surface area contributed by atoms with Crippen molar-refractivity contribution in [2.45, 2.75) is 49.3 Å². The third-order valence-corrected chi connectivity index (χ3v) is 8.86. The maximum Gasteiger partial charge on any atom is 0.252 e. The van der Waals surface area contributed by atoms with E-state index in [0.29, 0.717) is 56.2 Å². The Balaban J connectivity index is 1.34. The molecule has 0 aromatic carbocycles. The van der Waals surface area contributed by atoms with Crippen molar-refractivity contribution < 1.29 is 22.5 Å². The molecule has 30 heavy (non-hydrogen) atoms. The van der Waals surface area contributed by atoms with E-state index < -0.39 is 10.0 Å². The number of nitrogens with zero attached hydrogens (tertiary/aromatic N) is 3. The van der Waals surface area contributed by atoms with Crippen molar-refractivity contribution in [2.24, 2.45) is 5.92 Å². The van der Waals surface area contributed by atoms with Gasteiger partial charge in [0.25, 0.3) is 10.0 Å². The van der Waals surface area contributed by atoms with E-state index in [0.717, 1.165) is 30.8 Å². The van der Waals surface area contributed by atoms with E-state index in [-0.39, 0.29) is 22.1 Å². The van der Waals surface area contributed by atoms with Gasteiger partial charge in [-0.05, 0) is 31.7 Å². The quantitative estimate of drug-likeness (QED) is 0.681. The number of carbonyl (C=O) groups is 1. The van der Waals surface area contributed by atoms with Gasteiger partial charge in [0.15, 0.2) is 0 Å². The van der Waals surface area contributed by atoms with Crippen molar-refractivity contribution in [3.63, 3.8) is 0 Å². The first-order chi connectivity index (χ1) is 14.5. The molecule has 1 N–H and O–H groups in total. The van der Waals surface area contributed by atoms with Crippen LogP contribution in [0.2, 0.25) is 0 Å². The molecule has 4 heterocycles. The minimum absolute atomic E-state index is 0.00945. The zero-order chi connectivity index (χ0) is 21.1. The fourth-order valence-electron chi connectivity index (χ4n) is 3.73. The van der Waals surface area contributed by atoms with Gasteiger partial charge >= 0.3 is 0 Å². The molecule has 11 heteroatoms. The maximum absolute atomic E-state index is 13.0. The Morgan fingerprint density at radius 3 is 2.80 bits per heavy atom. The van der Waals surface area contributed by atoms with E-state index in [1.807, 2.05) is 6.92 Å². The summed E-state index contributed by atoms with van der Waals surface area (Å²) in [6, 6.07) is 1.59. The lowest BCUT2D eigenvalue weighted by Gasteiger charge is -2.30. The molecular weight excluding hydrogens is 428 g/mol. The van der Waals surface area contributed by atoms with E-state index in [4.69, 9.17) is 9.26 Å². The van der Waals surface area contributed by atoms with Crippen LogP contribution in [-0.2, 0) is 26.0 Å². The number of nitrogens with one attached hydrogen (secondary N) is 1. The van der Waals surface area contributed by atoms with Crippen LogP contribution in [0.5, 0.6) is 0 Å². The largest absolute Gasteiger partial charge is 0.376 e. The fraction of sp³-hybridized carbons (Fsp3) is 0.632. The molecule has 1 atom stereocenters. The standard InChI is InChI=1S/C19H26N4O5S2/c1-2-16-21-18(22-28-16)14-10-17(29-12-14)30(25,26)23-7-5-13(6-8-23)19(24)20-11-15-4-3-9-27-15/h10,12-13,15H,2-9,11H2,1H3,(H,20,24)/t15-/m1/s1. The van der Waals surface area contributed by atoms with Crippen LogP contribution in [0.15, 0.2) is 20.2 Å². The van der Waals surface area contributed by atoms with E-state index in [1.165, 1.54) is 4.31 Å². The van der Waals surface area contributed by atoms with Gasteiger partial charge in [-0.1, -0.05) is 12.1 Å². The molecule has 0 unspecified atom stereocenters. The number of ether oxygens (including phenoxy) is 1. The van der Waals surface area contributed by atoms with Gasteiger partial charge < -0.3 is 14.6 Å². The number of thiophene rings is 1. The van der Waals surface area contributed by atoms with Gasteiger partial charge in [0.2, 0.25) is 17.6 Å². The number of rotatable bonds is 7. The first-order valence-electron chi connectivity index (χ1n) is 10.3. The Morgan fingerprint density at radius 1 is 1.33 bits per heavy atom. The second-order valence-corrected chi connectivity index (χ2v) is 10.7. The Kier molecular flexibility index (Phi) is 6.51. The zero-order valence-electron chi connectivity index (χ0n) is 16.9. The number of amides is 1. The molecule has 9 nitrogen and oxygen atoms in total. The van der Waals surface area contributed by atoms with Gasteiger partial charge in [0.05, 0.1) is 6.10 Å². The summed E-state index contributed by atoms with van der Waals surface area (Å²) in [5, 5.41) is 8.58. The summed E-state index contributed by atoms with van der Waals surface area (Å²) in [5.74, 6) is 0.736. The topological polar surface area (TPSA) is 115 Å². The summed E-state index contributed by atoms with van der Waals surface area (Å²) >= 11 is 1.15. The first kappa shape index (κ1) is 21.4. The van der Waals surface area contributed by atoms with Crippen molar-refractivity contribution >= 4 is 27.3 Å². The van der Waals surface area contributed by atoms with Crippen LogP contribution < -0.4 is 5.32 Å². The third-order valence-electron chi connectivity index (χ3n) is 5.55. The van der Waals surface area contributed by atoms with Gasteiger partial charge in [-0.15, -0.1) is 11.3 Å². The second-order valence-electron chi connectivity index (χ2n) is 7.58. The highest BCUT2D eigenvalue weighted by Gasteiger charge is 2.33. The van der Waals surface area contributed by atoms with Crippen LogP contribution in [0, 0.1) is 5.92 Å². The molecule has 2 aliphatic heterocycles. The molecule has 2 aliphatic rings. The number of piperidine rings is 1. The average molecular weight is 455 g/mol. The summed E-state index contributed by atoms with van der Waals surface area (Å²) in [6.07, 6.45) is 3.77. The van der Waals surface area contributed by atoms with Crippen LogP contribution in [0.4, 0.5) is 0 Å². The summed E-state index contributed by atoms with van der Waals surface area (Å²) in [6.45, 7) is 3.86. The van der Waals surface area contributed by atoms with E-state index in [1.54, 1.807) is 11.4 Å². The summed E-state index contributed by atoms with van der Waals surface area (Å²) in [4.78, 5) is 16.7. The van der Waals surface area contributed by atoms with Crippen molar-refractivity contribution in [3.8, 4) is 11.4 Å². The molecule has 2 aromatic heterocycles. The van der Waals surface area contributed by atoms with Gasteiger partial charge in [-0.2, -0.15) is 9.29 Å². The number of aromatic nitrogens is 2. The molecule has 0 aliphatic carbocycles. The minimum atomic E-state index is -3.61. The van der Waals surface area contributed by atoms with Gasteiger partial charge in [-0.3, -0.25) is 4.79 Å². The predicted octanol–water partition coefficient (Wildman–Crippen LogP) is 2.06. The van der Waals surface area contributed by atoms with Crippen molar-refractivity contribution in [3.05, 3.63) is 17.3 Å². The lowest BCUT2D eigenvalue weighted by Crippen LogP contribution is -2.44. The maximum atomic E-state index is 13.0. The minimum Gasteiger partial charge on any atom is -0.376 e. The third kappa shape index (κ3) is 4.58. The Morgan fingerprint density at radius 2 is 2.13 bits per heavy atom. The number of carbonyl (C=O) groups excluding carboxylic acids is 1. The molecule has 2 aromatic rings. The summed E-state index contributed by atoms with van der Waals surface area (Å²) in [7, 11) is -3.61. The predicted molar refractivity (Wildman–Crippen MR) is 110 cm³/mol. The van der Waals surface area contributed by atoms with E-state index >= 15 is 0 Å². The van der Waals surface area contributed by atoms with Gasteiger partial charge in [0, 0.05) is 49.5 Å². The smallest absolute Gasteiger partial charge is 0.252 e. The molecular formula is C19H26N4O5S2. The lowest BCUT2D eigenvalue weighted by atomic mass is 9.97. The average Bonchev–Trinajstić information content (AvgIpc) is 3.53. The van der Waals surface area contributed by atoms with Crippen LogP contribution in [0.3, 0.4) is 0 Å². The molecule has 0 spiro atoms. The Labute approximate surface area is 179 Å². The zero-order valence-corrected chi connectivity index (χ0v) is 18.5. The van der Waals surface area contributed by atoms with Crippen LogP contribution in [-0.4, -0.2) is 61.1 Å². The molecule has 0 bridgehead atoms. The van der Waals surface area contributed by atoms with Crippen LogP contribution in [0.25, 0.3) is 11.4 Å². The number of hydrogen-bond acceptors (Lipinski definition) is 8. The lowest BCUT2D eigenvalue weighted by molar-refractivity contribution is -0.126. The molecule has 164 valence electrons. The fourth-order valence-corrected chi connectivity index (χ4v) is 6.51. The summed E-state index contributed by atoms with van der Waals surface area (Å²) in [5.41, 5.74) is 0.630. The second kappa shape index (κ2) is 9.13. The Bertz CT molecular complexity index is 973. The SMILES string of the molecule is CCc1nc(-c2csc(S(=O)(=O)N3CCC(C(=O)NC[C@H]4CCCO4)CC3)c2)no1. The summed E-state index contributed by atoms with van der Waals surface area (Å²) < 4.78 is 38.4. The van der Waals surface area contributed by atoms with Crippen molar-refractivity contribution in [1.82, 2.24) is 19.8 Å². The highest BCUT2D eigenvalue weighted by molar-refractivity contribution is 7.91. The highest BCUT2D eigenvalue weighted by Crippen LogP contribution is 2.31. The number of hydrogen-bond donors (Lipinski definition) is 1. The van der Waals surface area contributed by atoms with Gasteiger partial charge in [0.1, 0.15) is 4.21 Å². The Hall–Kier alpha value is -1.82. The van der Waals surface area contributed by atoms with Crippen LogP contribution in [0.1, 0.15) is 38.5 Å². The molecule has 4 rings (SSSR count). The number of aryl methyl sites for hydroxylation is 1. The highest BCUT2D eigenvalue weighted by atomic mass is 32.2. The van der Waals surface area contributed by atoms with Gasteiger partial charge in [-0.25, -0.2) is 8.42 Å². The van der Waals surface area contributed by atoms with Crippen LogP contribution >= 0.6 is 11.3 Å². The van der Waals surface area contributed by atoms with E-state index in [9.17, 15) is 13.2 Å². The van der Waals surface area contributed by atoms with Crippen molar-refractivity contribution in [1.29, 1.82) is 0 Å². The molecule has 2 saturated heterocycles. The first-order valence-corrected chi connectivity index (χ1v) is 12.6. The monoisotopic (exact) mass is 454 g/mol. The van der Waals surface area contributed by atoms with E-state index in [2.05, 4.69) is 15.5 Å². The molecule has 2 fully saturated rings.